The highest BCUT2D eigenvalue weighted by Gasteiger charge is 2.33. The van der Waals surface area contributed by atoms with Crippen LogP contribution in [0.15, 0.2) is 36.5 Å². The number of carbonyl (C=O) groups excluding carboxylic acids is 1. The van der Waals surface area contributed by atoms with Gasteiger partial charge in [0, 0.05) is 13.2 Å². The molecule has 0 saturated heterocycles. The van der Waals surface area contributed by atoms with Crippen molar-refractivity contribution in [3.05, 3.63) is 53.3 Å². The van der Waals surface area contributed by atoms with Gasteiger partial charge in [0.05, 0.1) is 5.92 Å². The van der Waals surface area contributed by atoms with Gasteiger partial charge in [0.1, 0.15) is 5.69 Å². The monoisotopic (exact) mass is 212 g/mol. The molecule has 0 bridgehead atoms. The Kier molecular flexibility index (Phi) is 1.93. The molecule has 1 aliphatic carbocycles. The van der Waals surface area contributed by atoms with Gasteiger partial charge in [0.25, 0.3) is 0 Å². The number of nitrogens with zero attached hydrogens (tertiary/aromatic N) is 2. The lowest BCUT2D eigenvalue weighted by molar-refractivity contribution is 0.0943. The summed E-state index contributed by atoms with van der Waals surface area (Å²) in [6, 6.07) is 9.89. The molecule has 0 radical (unpaired) electrons. The Balaban J connectivity index is 1.90. The minimum atomic E-state index is 0.0195. The van der Waals surface area contributed by atoms with Gasteiger partial charge in [-0.3, -0.25) is 9.48 Å². The van der Waals surface area contributed by atoms with E-state index in [-0.39, 0.29) is 11.7 Å². The molecule has 0 fully saturated rings. The largest absolute Gasteiger partial charge is 0.292 e. The fraction of sp³-hybridized carbons (Fsp3) is 0.231. The maximum Gasteiger partial charge on any atom is 0.190 e. The molecule has 1 aromatic carbocycles. The zero-order valence-electron chi connectivity index (χ0n) is 9.05. The quantitative estimate of drug-likeness (QED) is 0.713. The first-order chi connectivity index (χ1) is 7.75. The second-order valence-corrected chi connectivity index (χ2v) is 4.19. The Morgan fingerprint density at radius 1 is 1.38 bits per heavy atom. The molecule has 0 amide bonds. The van der Waals surface area contributed by atoms with E-state index in [0.717, 1.165) is 12.0 Å². The average Bonchev–Trinajstić information content (AvgIpc) is 2.67. The molecule has 0 aliphatic heterocycles. The van der Waals surface area contributed by atoms with Crippen LogP contribution >= 0.6 is 0 Å². The van der Waals surface area contributed by atoms with Gasteiger partial charge in [-0.1, -0.05) is 24.3 Å². The van der Waals surface area contributed by atoms with E-state index in [0.29, 0.717) is 5.69 Å². The summed E-state index contributed by atoms with van der Waals surface area (Å²) in [6.07, 6.45) is 2.66. The van der Waals surface area contributed by atoms with Crippen molar-refractivity contribution in [2.45, 2.75) is 12.3 Å². The first-order valence-corrected chi connectivity index (χ1v) is 5.37. The number of rotatable bonds is 2. The molecule has 1 aromatic heterocycles. The zero-order valence-corrected chi connectivity index (χ0v) is 9.05. The van der Waals surface area contributed by atoms with Gasteiger partial charge >= 0.3 is 0 Å². The van der Waals surface area contributed by atoms with Gasteiger partial charge < -0.3 is 0 Å². The molecule has 3 rings (SSSR count). The van der Waals surface area contributed by atoms with Gasteiger partial charge in [-0.2, -0.15) is 5.10 Å². The second kappa shape index (κ2) is 3.30. The molecule has 1 aliphatic rings. The smallest absolute Gasteiger partial charge is 0.190 e. The zero-order chi connectivity index (χ0) is 11.1. The van der Waals surface area contributed by atoms with Crippen molar-refractivity contribution in [2.24, 2.45) is 7.05 Å². The van der Waals surface area contributed by atoms with Crippen LogP contribution in [0.2, 0.25) is 0 Å². The summed E-state index contributed by atoms with van der Waals surface area (Å²) in [5.41, 5.74) is 3.02. The van der Waals surface area contributed by atoms with Crippen molar-refractivity contribution in [3.8, 4) is 0 Å². The number of hydrogen-bond donors (Lipinski definition) is 0. The van der Waals surface area contributed by atoms with Crippen LogP contribution in [0.25, 0.3) is 0 Å². The number of Topliss-reactive ketones (excluding diaryl/α,β-unsaturated/α-hetero) is 1. The molecule has 0 spiro atoms. The predicted octanol–water partition coefficient (Wildman–Crippen LogP) is 1.94. The van der Waals surface area contributed by atoms with E-state index in [1.165, 1.54) is 5.56 Å². The van der Waals surface area contributed by atoms with Crippen LogP contribution in [0, 0.1) is 0 Å². The Bertz CT molecular complexity index is 557. The van der Waals surface area contributed by atoms with Crippen molar-refractivity contribution in [1.82, 2.24) is 9.78 Å². The molecule has 0 N–H and O–H groups in total. The van der Waals surface area contributed by atoms with E-state index in [4.69, 9.17) is 0 Å². The van der Waals surface area contributed by atoms with Gasteiger partial charge in [0.15, 0.2) is 5.78 Å². The molecule has 80 valence electrons. The summed E-state index contributed by atoms with van der Waals surface area (Å²) in [7, 11) is 1.82. The first kappa shape index (κ1) is 9.33. The van der Waals surface area contributed by atoms with E-state index in [1.807, 2.05) is 25.2 Å². The van der Waals surface area contributed by atoms with Crippen molar-refractivity contribution >= 4 is 5.78 Å². The van der Waals surface area contributed by atoms with E-state index >= 15 is 0 Å². The number of aromatic nitrogens is 2. The third kappa shape index (κ3) is 1.28. The number of hydrogen-bond acceptors (Lipinski definition) is 2. The van der Waals surface area contributed by atoms with Crippen LogP contribution in [0.1, 0.15) is 27.5 Å². The van der Waals surface area contributed by atoms with Crippen molar-refractivity contribution in [1.29, 1.82) is 0 Å². The number of ketones is 1. The molecule has 2 aromatic rings. The Morgan fingerprint density at radius 2 is 2.19 bits per heavy atom. The highest BCUT2D eigenvalue weighted by atomic mass is 16.1. The van der Waals surface area contributed by atoms with Gasteiger partial charge in [-0.25, -0.2) is 0 Å². The van der Waals surface area contributed by atoms with Gasteiger partial charge in [-0.15, -0.1) is 0 Å². The lowest BCUT2D eigenvalue weighted by atomic mass is 9.74. The molecular formula is C13H12N2O. The minimum absolute atomic E-state index is 0.0195. The van der Waals surface area contributed by atoms with Gasteiger partial charge in [0.2, 0.25) is 0 Å². The lowest BCUT2D eigenvalue weighted by Crippen LogP contribution is -2.25. The first-order valence-electron chi connectivity index (χ1n) is 5.37. The van der Waals surface area contributed by atoms with Crippen LogP contribution in [0.3, 0.4) is 0 Å². The van der Waals surface area contributed by atoms with Crippen LogP contribution in [0.4, 0.5) is 0 Å². The molecule has 1 atom stereocenters. The number of aryl methyl sites for hydroxylation is 1. The van der Waals surface area contributed by atoms with Crippen molar-refractivity contribution < 1.29 is 4.79 Å². The Morgan fingerprint density at radius 3 is 2.88 bits per heavy atom. The molecule has 3 heteroatoms. The fourth-order valence-corrected chi connectivity index (χ4v) is 2.22. The summed E-state index contributed by atoms with van der Waals surface area (Å²) in [6.45, 7) is 0. The molecule has 3 nitrogen and oxygen atoms in total. The van der Waals surface area contributed by atoms with E-state index in [1.54, 1.807) is 16.9 Å². The van der Waals surface area contributed by atoms with Crippen LogP contribution in [0.5, 0.6) is 0 Å². The van der Waals surface area contributed by atoms with Gasteiger partial charge in [-0.05, 0) is 23.6 Å². The van der Waals surface area contributed by atoms with Crippen molar-refractivity contribution in [3.63, 3.8) is 0 Å². The summed E-state index contributed by atoms with van der Waals surface area (Å²) in [5, 5.41) is 4.15. The molecule has 1 unspecified atom stereocenters. The van der Waals surface area contributed by atoms with Crippen LogP contribution < -0.4 is 0 Å². The maximum absolute atomic E-state index is 12.1. The SMILES string of the molecule is Cn1ccc(C(=O)C2Cc3ccccc32)n1. The number of carbonyl (C=O) groups is 1. The standard InChI is InChI=1S/C13H12N2O/c1-15-7-6-12(14-15)13(16)11-8-9-4-2-3-5-10(9)11/h2-7,11H,8H2,1H3. The number of benzene rings is 1. The second-order valence-electron chi connectivity index (χ2n) is 4.19. The molecule has 16 heavy (non-hydrogen) atoms. The molecule has 1 heterocycles. The third-order valence-electron chi connectivity index (χ3n) is 3.14. The summed E-state index contributed by atoms with van der Waals surface area (Å²) < 4.78 is 1.66. The Labute approximate surface area is 93.7 Å². The Hall–Kier alpha value is -1.90. The summed E-state index contributed by atoms with van der Waals surface area (Å²) in [5.74, 6) is 0.158. The lowest BCUT2D eigenvalue weighted by Gasteiger charge is -2.28. The van der Waals surface area contributed by atoms with E-state index in [9.17, 15) is 4.79 Å². The third-order valence-corrected chi connectivity index (χ3v) is 3.14. The maximum atomic E-state index is 12.1. The van der Waals surface area contributed by atoms with E-state index < -0.39 is 0 Å². The highest BCUT2D eigenvalue weighted by molar-refractivity contribution is 6.01. The van der Waals surface area contributed by atoms with Crippen LogP contribution in [-0.2, 0) is 13.5 Å². The van der Waals surface area contributed by atoms with Crippen LogP contribution in [-0.4, -0.2) is 15.6 Å². The average molecular weight is 212 g/mol. The number of fused-ring (bicyclic) bond motifs is 1. The highest BCUT2D eigenvalue weighted by Crippen LogP contribution is 2.36. The van der Waals surface area contributed by atoms with Crippen molar-refractivity contribution in [2.75, 3.05) is 0 Å². The van der Waals surface area contributed by atoms with E-state index in [2.05, 4.69) is 11.2 Å². The fourth-order valence-electron chi connectivity index (χ4n) is 2.22. The summed E-state index contributed by atoms with van der Waals surface area (Å²) >= 11 is 0. The summed E-state index contributed by atoms with van der Waals surface area (Å²) in [4.78, 5) is 12.1. The topological polar surface area (TPSA) is 34.9 Å². The minimum Gasteiger partial charge on any atom is -0.292 e. The normalized spacial score (nSPS) is 17.7. The molecular weight excluding hydrogens is 200 g/mol. The molecule has 0 saturated carbocycles. The predicted molar refractivity (Wildman–Crippen MR) is 60.4 cm³/mol.